The highest BCUT2D eigenvalue weighted by Crippen LogP contribution is 2.52. The zero-order valence-corrected chi connectivity index (χ0v) is 14.6. The van der Waals surface area contributed by atoms with Gasteiger partial charge in [-0.1, -0.05) is 53.0 Å². The van der Waals surface area contributed by atoms with Gasteiger partial charge in [-0.25, -0.2) is 4.57 Å². The Morgan fingerprint density at radius 1 is 1.00 bits per heavy atom. The molecule has 0 amide bonds. The average molecular weight is 382 g/mol. The summed E-state index contributed by atoms with van der Waals surface area (Å²) in [6, 6.07) is 11.3. The van der Waals surface area contributed by atoms with E-state index < -0.39 is 7.82 Å². The molecule has 2 aromatic carbocycles. The molecule has 0 saturated carbocycles. The van der Waals surface area contributed by atoms with Gasteiger partial charge >= 0.3 is 7.82 Å². The highest BCUT2D eigenvalue weighted by molar-refractivity contribution is 7.49. The van der Waals surface area contributed by atoms with Crippen molar-refractivity contribution >= 4 is 42.6 Å². The van der Waals surface area contributed by atoms with Crippen molar-refractivity contribution in [1.29, 1.82) is 0 Å². The van der Waals surface area contributed by atoms with Crippen LogP contribution in [0.1, 0.15) is 6.92 Å². The zero-order chi connectivity index (χ0) is 16.2. The molecule has 1 unspecified atom stereocenters. The number of phosphoric acid groups is 1. The molecule has 0 aliphatic carbocycles. The summed E-state index contributed by atoms with van der Waals surface area (Å²) < 4.78 is 28.6. The van der Waals surface area contributed by atoms with Crippen molar-refractivity contribution < 1.29 is 18.1 Å². The second kappa shape index (κ2) is 7.58. The number of halogens is 3. The number of phosphoric ester groups is 1. The lowest BCUT2D eigenvalue weighted by atomic mass is 10.3. The molecule has 0 bridgehead atoms. The van der Waals surface area contributed by atoms with Crippen LogP contribution >= 0.6 is 42.6 Å². The average Bonchev–Trinajstić information content (AvgIpc) is 2.44. The van der Waals surface area contributed by atoms with Gasteiger partial charge in [0.15, 0.2) is 5.75 Å². The summed E-state index contributed by atoms with van der Waals surface area (Å²) in [5, 5.41) is 0.542. The molecule has 0 aliphatic heterocycles. The second-order valence-corrected chi connectivity index (χ2v) is 6.83. The minimum absolute atomic E-state index is 0.0135. The van der Waals surface area contributed by atoms with Crippen molar-refractivity contribution in [2.45, 2.75) is 6.92 Å². The molecule has 0 fully saturated rings. The lowest BCUT2D eigenvalue weighted by molar-refractivity contribution is 0.219. The summed E-state index contributed by atoms with van der Waals surface area (Å²) in [5.74, 6) is 0.320. The number of rotatable bonds is 6. The number of hydrogen-bond donors (Lipinski definition) is 0. The number of para-hydroxylation sites is 1. The van der Waals surface area contributed by atoms with Crippen molar-refractivity contribution in [1.82, 2.24) is 0 Å². The summed E-state index contributed by atoms with van der Waals surface area (Å²) in [6.45, 7) is 1.78. The van der Waals surface area contributed by atoms with Crippen LogP contribution in [0.15, 0.2) is 42.5 Å². The van der Waals surface area contributed by atoms with Crippen LogP contribution in [0.3, 0.4) is 0 Å². The van der Waals surface area contributed by atoms with Crippen molar-refractivity contribution in [3.8, 4) is 11.5 Å². The minimum atomic E-state index is -3.94. The highest BCUT2D eigenvalue weighted by Gasteiger charge is 2.32. The number of hydrogen-bond acceptors (Lipinski definition) is 4. The lowest BCUT2D eigenvalue weighted by Gasteiger charge is -2.19. The molecule has 0 N–H and O–H groups in total. The first-order chi connectivity index (χ1) is 10.4. The van der Waals surface area contributed by atoms with Gasteiger partial charge in [0, 0.05) is 5.02 Å². The highest BCUT2D eigenvalue weighted by atomic mass is 35.5. The van der Waals surface area contributed by atoms with Crippen LogP contribution in [0.4, 0.5) is 0 Å². The molecule has 118 valence electrons. The Bertz CT molecular complexity index is 671. The van der Waals surface area contributed by atoms with Crippen molar-refractivity contribution in [3.05, 3.63) is 57.5 Å². The third kappa shape index (κ3) is 4.55. The van der Waals surface area contributed by atoms with E-state index in [-0.39, 0.29) is 22.4 Å². The smallest absolute Gasteiger partial charge is 0.395 e. The van der Waals surface area contributed by atoms with Gasteiger partial charge in [0.1, 0.15) is 5.75 Å². The SMILES string of the molecule is CCOP(=O)(Oc1ccccc1)Oc1c(Cl)cc(Cl)cc1Cl. The van der Waals surface area contributed by atoms with E-state index >= 15 is 0 Å². The van der Waals surface area contributed by atoms with Crippen LogP contribution in [0.5, 0.6) is 11.5 Å². The predicted molar refractivity (Wildman–Crippen MR) is 88.4 cm³/mol. The molecule has 2 rings (SSSR count). The van der Waals surface area contributed by atoms with E-state index in [2.05, 4.69) is 0 Å². The Labute approximate surface area is 143 Å². The van der Waals surface area contributed by atoms with Crippen LogP contribution in [0, 0.1) is 0 Å². The summed E-state index contributed by atoms with van der Waals surface area (Å²) in [4.78, 5) is 0. The van der Waals surface area contributed by atoms with E-state index in [1.807, 2.05) is 0 Å². The van der Waals surface area contributed by atoms with Gasteiger partial charge in [0.05, 0.1) is 16.7 Å². The Hall–Kier alpha value is -0.900. The van der Waals surface area contributed by atoms with Gasteiger partial charge in [-0.15, -0.1) is 0 Å². The largest absolute Gasteiger partial charge is 0.587 e. The van der Waals surface area contributed by atoms with E-state index in [4.69, 9.17) is 48.4 Å². The fourth-order valence-electron chi connectivity index (χ4n) is 1.57. The fourth-order valence-corrected chi connectivity index (χ4v) is 3.83. The molecule has 0 spiro atoms. The van der Waals surface area contributed by atoms with Gasteiger partial charge in [0.2, 0.25) is 0 Å². The molecule has 0 aromatic heterocycles. The van der Waals surface area contributed by atoms with E-state index in [0.29, 0.717) is 10.8 Å². The molecule has 22 heavy (non-hydrogen) atoms. The molecule has 0 aliphatic rings. The van der Waals surface area contributed by atoms with E-state index in [9.17, 15) is 4.57 Å². The van der Waals surface area contributed by atoms with Gasteiger partial charge in [-0.05, 0) is 31.2 Å². The van der Waals surface area contributed by atoms with Gasteiger partial charge < -0.3 is 9.05 Å². The third-order valence-corrected chi connectivity index (χ3v) is 4.61. The monoisotopic (exact) mass is 380 g/mol. The quantitative estimate of drug-likeness (QED) is 0.555. The molecular weight excluding hydrogens is 369 g/mol. The summed E-state index contributed by atoms with van der Waals surface area (Å²) >= 11 is 17.9. The van der Waals surface area contributed by atoms with Crippen molar-refractivity contribution in [2.75, 3.05) is 6.61 Å². The summed E-state index contributed by atoms with van der Waals surface area (Å²) in [5.41, 5.74) is 0. The predicted octanol–water partition coefficient (Wildman–Crippen LogP) is 6.25. The Morgan fingerprint density at radius 2 is 1.59 bits per heavy atom. The molecule has 2 aromatic rings. The molecule has 0 heterocycles. The summed E-state index contributed by atoms with van der Waals surface area (Å²) in [6.07, 6.45) is 0. The van der Waals surface area contributed by atoms with E-state index in [1.54, 1.807) is 37.3 Å². The van der Waals surface area contributed by atoms with Crippen LogP contribution in [0.25, 0.3) is 0 Å². The molecule has 1 atom stereocenters. The van der Waals surface area contributed by atoms with E-state index in [1.165, 1.54) is 12.1 Å². The van der Waals surface area contributed by atoms with Crippen LogP contribution in [-0.2, 0) is 9.09 Å². The third-order valence-electron chi connectivity index (χ3n) is 2.41. The van der Waals surface area contributed by atoms with Gasteiger partial charge in [-0.3, -0.25) is 4.52 Å². The Kier molecular flexibility index (Phi) is 6.01. The Morgan fingerprint density at radius 3 is 2.14 bits per heavy atom. The lowest BCUT2D eigenvalue weighted by Crippen LogP contribution is -2.05. The maximum atomic E-state index is 12.7. The van der Waals surface area contributed by atoms with Gasteiger partial charge in [0.25, 0.3) is 0 Å². The first-order valence-electron chi connectivity index (χ1n) is 6.27. The maximum absolute atomic E-state index is 12.7. The topological polar surface area (TPSA) is 44.8 Å². The standard InChI is InChI=1S/C14H12Cl3O4P/c1-2-19-22(18,20-11-6-4-3-5-7-11)21-14-12(16)8-10(15)9-13(14)17/h3-9H,2H2,1H3. The normalized spacial score (nSPS) is 13.5. The maximum Gasteiger partial charge on any atom is 0.587 e. The van der Waals surface area contributed by atoms with Crippen LogP contribution in [0.2, 0.25) is 15.1 Å². The molecule has 0 radical (unpaired) electrons. The molecule has 4 nitrogen and oxygen atoms in total. The first-order valence-corrected chi connectivity index (χ1v) is 8.86. The first kappa shape index (κ1) is 17.5. The molecule has 8 heteroatoms. The minimum Gasteiger partial charge on any atom is -0.395 e. The Balaban J connectivity index is 2.31. The number of benzene rings is 2. The van der Waals surface area contributed by atoms with Gasteiger partial charge in [-0.2, -0.15) is 0 Å². The van der Waals surface area contributed by atoms with Crippen LogP contribution < -0.4 is 9.05 Å². The second-order valence-electron chi connectivity index (χ2n) is 4.06. The van der Waals surface area contributed by atoms with Crippen molar-refractivity contribution in [2.24, 2.45) is 0 Å². The molecule has 0 saturated heterocycles. The fraction of sp³-hybridized carbons (Fsp3) is 0.143. The summed E-state index contributed by atoms with van der Waals surface area (Å²) in [7, 11) is -3.94. The van der Waals surface area contributed by atoms with E-state index in [0.717, 1.165) is 0 Å². The van der Waals surface area contributed by atoms with Crippen LogP contribution in [-0.4, -0.2) is 6.61 Å². The molecular formula is C14H12Cl3O4P. The van der Waals surface area contributed by atoms with Crippen molar-refractivity contribution in [3.63, 3.8) is 0 Å². The zero-order valence-electron chi connectivity index (χ0n) is 11.5.